The highest BCUT2D eigenvalue weighted by molar-refractivity contribution is 5.13. The van der Waals surface area contributed by atoms with E-state index in [9.17, 15) is 4.39 Å². The largest absolute Gasteiger partial charge is 0.266 e. The van der Waals surface area contributed by atoms with Crippen molar-refractivity contribution in [3.05, 3.63) is 17.5 Å². The average Bonchev–Trinajstić information content (AvgIpc) is 2.31. The number of hydrogen-bond acceptors (Lipinski definition) is 1. The Kier molecular flexibility index (Phi) is 1.44. The van der Waals surface area contributed by atoms with Gasteiger partial charge in [0, 0.05) is 6.54 Å². The van der Waals surface area contributed by atoms with Gasteiger partial charge in [-0.25, -0.2) is 4.39 Å². The second-order valence-electron chi connectivity index (χ2n) is 3.04. The van der Waals surface area contributed by atoms with E-state index < -0.39 is 6.17 Å². The molecule has 1 aliphatic rings. The Morgan fingerprint density at radius 3 is 3.27 bits per heavy atom. The van der Waals surface area contributed by atoms with E-state index in [-0.39, 0.29) is 0 Å². The van der Waals surface area contributed by atoms with Crippen molar-refractivity contribution in [1.29, 1.82) is 0 Å². The Morgan fingerprint density at radius 2 is 2.55 bits per heavy atom. The predicted octanol–water partition coefficient (Wildman–Crippen LogP) is 2.00. The second-order valence-corrected chi connectivity index (χ2v) is 3.04. The third kappa shape index (κ3) is 1.04. The van der Waals surface area contributed by atoms with E-state index >= 15 is 0 Å². The summed E-state index contributed by atoms with van der Waals surface area (Å²) in [7, 11) is 0. The molecule has 0 radical (unpaired) electrons. The van der Waals surface area contributed by atoms with Crippen LogP contribution in [0, 0.1) is 6.92 Å². The molecule has 0 fully saturated rings. The molecule has 11 heavy (non-hydrogen) atoms. The van der Waals surface area contributed by atoms with Gasteiger partial charge in [-0.2, -0.15) is 5.10 Å². The number of nitrogens with zero attached hydrogens (tertiary/aromatic N) is 2. The number of rotatable bonds is 0. The van der Waals surface area contributed by atoms with Crippen molar-refractivity contribution in [3.63, 3.8) is 0 Å². The minimum Gasteiger partial charge on any atom is -0.266 e. The molecule has 60 valence electrons. The monoisotopic (exact) mass is 154 g/mol. The highest BCUT2D eigenvalue weighted by Gasteiger charge is 2.20. The first kappa shape index (κ1) is 6.83. The maximum Gasteiger partial charge on any atom is 0.142 e. The van der Waals surface area contributed by atoms with Gasteiger partial charge in [-0.05, 0) is 25.8 Å². The fraction of sp³-hybridized carbons (Fsp3) is 0.625. The van der Waals surface area contributed by atoms with E-state index in [4.69, 9.17) is 0 Å². The fourth-order valence-corrected chi connectivity index (χ4v) is 1.56. The SMILES string of the molecule is Cc1cc2n(n1)CCCC2F. The summed E-state index contributed by atoms with van der Waals surface area (Å²) in [6.07, 6.45) is 0.783. The second kappa shape index (κ2) is 2.32. The minimum absolute atomic E-state index is 0.658. The Balaban J connectivity index is 2.43. The van der Waals surface area contributed by atoms with Crippen LogP contribution in [0.3, 0.4) is 0 Å². The van der Waals surface area contributed by atoms with Crippen LogP contribution in [0.15, 0.2) is 6.07 Å². The molecule has 0 amide bonds. The zero-order valence-corrected chi connectivity index (χ0v) is 6.55. The average molecular weight is 154 g/mol. The third-order valence-electron chi connectivity index (χ3n) is 2.08. The lowest BCUT2D eigenvalue weighted by Gasteiger charge is -2.16. The van der Waals surface area contributed by atoms with E-state index in [1.54, 1.807) is 4.68 Å². The van der Waals surface area contributed by atoms with E-state index in [2.05, 4.69) is 5.10 Å². The topological polar surface area (TPSA) is 17.8 Å². The van der Waals surface area contributed by atoms with Crippen LogP contribution in [-0.2, 0) is 6.54 Å². The van der Waals surface area contributed by atoms with Crippen molar-refractivity contribution in [2.24, 2.45) is 0 Å². The normalized spacial score (nSPS) is 23.3. The molecule has 2 nitrogen and oxygen atoms in total. The summed E-state index contributed by atoms with van der Waals surface area (Å²) < 4.78 is 14.9. The number of aromatic nitrogens is 2. The maximum atomic E-state index is 13.1. The van der Waals surface area contributed by atoms with Crippen LogP contribution in [0.4, 0.5) is 4.39 Å². The van der Waals surface area contributed by atoms with Crippen LogP contribution in [0.5, 0.6) is 0 Å². The van der Waals surface area contributed by atoms with Crippen molar-refractivity contribution in [2.45, 2.75) is 32.5 Å². The van der Waals surface area contributed by atoms with Gasteiger partial charge in [-0.3, -0.25) is 4.68 Å². The Bertz CT molecular complexity index is 267. The van der Waals surface area contributed by atoms with E-state index in [0.29, 0.717) is 6.42 Å². The van der Waals surface area contributed by atoms with Gasteiger partial charge in [0.15, 0.2) is 0 Å². The first-order valence-corrected chi connectivity index (χ1v) is 3.96. The molecule has 2 rings (SSSR count). The van der Waals surface area contributed by atoms with Crippen molar-refractivity contribution in [3.8, 4) is 0 Å². The quantitative estimate of drug-likeness (QED) is 0.558. The number of alkyl halides is 1. The number of aryl methyl sites for hydroxylation is 2. The molecule has 1 aromatic heterocycles. The zero-order valence-electron chi connectivity index (χ0n) is 6.55. The molecule has 1 aliphatic heterocycles. The molecule has 0 aromatic carbocycles. The van der Waals surface area contributed by atoms with Gasteiger partial charge < -0.3 is 0 Å². The molecular weight excluding hydrogens is 143 g/mol. The van der Waals surface area contributed by atoms with Gasteiger partial charge in [0.25, 0.3) is 0 Å². The van der Waals surface area contributed by atoms with E-state index in [0.717, 1.165) is 24.4 Å². The molecule has 1 unspecified atom stereocenters. The van der Waals surface area contributed by atoms with Crippen molar-refractivity contribution in [1.82, 2.24) is 9.78 Å². The van der Waals surface area contributed by atoms with Gasteiger partial charge in [0.2, 0.25) is 0 Å². The summed E-state index contributed by atoms with van der Waals surface area (Å²) >= 11 is 0. The van der Waals surface area contributed by atoms with Crippen LogP contribution >= 0.6 is 0 Å². The molecule has 2 heterocycles. The first-order chi connectivity index (χ1) is 5.27. The van der Waals surface area contributed by atoms with Crippen molar-refractivity contribution in [2.75, 3.05) is 0 Å². The molecule has 0 N–H and O–H groups in total. The lowest BCUT2D eigenvalue weighted by molar-refractivity contribution is 0.259. The van der Waals surface area contributed by atoms with Gasteiger partial charge in [-0.15, -0.1) is 0 Å². The molecular formula is C8H11FN2. The van der Waals surface area contributed by atoms with E-state index in [1.165, 1.54) is 0 Å². The molecule has 1 atom stereocenters. The summed E-state index contributed by atoms with van der Waals surface area (Å²) in [5.74, 6) is 0. The Labute approximate surface area is 65.0 Å². The van der Waals surface area contributed by atoms with Gasteiger partial charge in [0.1, 0.15) is 6.17 Å². The first-order valence-electron chi connectivity index (χ1n) is 3.96. The van der Waals surface area contributed by atoms with Crippen molar-refractivity contribution >= 4 is 0 Å². The third-order valence-corrected chi connectivity index (χ3v) is 2.08. The van der Waals surface area contributed by atoms with Crippen LogP contribution in [0.25, 0.3) is 0 Å². The van der Waals surface area contributed by atoms with Crippen LogP contribution in [0.1, 0.15) is 30.4 Å². The van der Waals surface area contributed by atoms with Gasteiger partial charge >= 0.3 is 0 Å². The van der Waals surface area contributed by atoms with Crippen LogP contribution < -0.4 is 0 Å². The van der Waals surface area contributed by atoms with Crippen molar-refractivity contribution < 1.29 is 4.39 Å². The standard InChI is InChI=1S/C8H11FN2/c1-6-5-8-7(9)3-2-4-11(8)10-6/h5,7H,2-4H2,1H3. The van der Waals surface area contributed by atoms with Gasteiger partial charge in [-0.1, -0.05) is 0 Å². The summed E-state index contributed by atoms with van der Waals surface area (Å²) in [6, 6.07) is 1.84. The van der Waals surface area contributed by atoms with E-state index in [1.807, 2.05) is 13.0 Å². The predicted molar refractivity (Wildman–Crippen MR) is 40.0 cm³/mol. The smallest absolute Gasteiger partial charge is 0.142 e. The molecule has 0 spiro atoms. The zero-order chi connectivity index (χ0) is 7.84. The molecule has 0 aliphatic carbocycles. The van der Waals surface area contributed by atoms with Gasteiger partial charge in [0.05, 0.1) is 11.4 Å². The lowest BCUT2D eigenvalue weighted by atomic mass is 10.1. The summed E-state index contributed by atoms with van der Waals surface area (Å²) in [5, 5.41) is 4.18. The Morgan fingerprint density at radius 1 is 1.73 bits per heavy atom. The lowest BCUT2D eigenvalue weighted by Crippen LogP contribution is -2.13. The van der Waals surface area contributed by atoms with Crippen LogP contribution in [-0.4, -0.2) is 9.78 Å². The summed E-state index contributed by atoms with van der Waals surface area (Å²) in [4.78, 5) is 0. The molecule has 0 bridgehead atoms. The summed E-state index contributed by atoms with van der Waals surface area (Å²) in [5.41, 5.74) is 1.68. The number of halogens is 1. The minimum atomic E-state index is -0.787. The highest BCUT2D eigenvalue weighted by Crippen LogP contribution is 2.27. The maximum absolute atomic E-state index is 13.1. The number of hydrogen-bond donors (Lipinski definition) is 0. The molecule has 0 saturated heterocycles. The molecule has 1 aromatic rings. The fourth-order valence-electron chi connectivity index (χ4n) is 1.56. The highest BCUT2D eigenvalue weighted by atomic mass is 19.1. The molecule has 0 saturated carbocycles. The molecule has 3 heteroatoms. The van der Waals surface area contributed by atoms with Crippen LogP contribution in [0.2, 0.25) is 0 Å². The number of fused-ring (bicyclic) bond motifs is 1. The summed E-state index contributed by atoms with van der Waals surface area (Å²) in [6.45, 7) is 2.78. The Hall–Kier alpha value is -0.860.